The number of nitrogens with zero attached hydrogens (tertiary/aromatic N) is 3. The molecule has 4 heterocycles. The summed E-state index contributed by atoms with van der Waals surface area (Å²) in [7, 11) is 0. The van der Waals surface area contributed by atoms with Gasteiger partial charge in [0.15, 0.2) is 5.82 Å². The largest absolute Gasteiger partial charge is 0.455 e. The smallest absolute Gasteiger partial charge is 0.231 e. The molecular formula is C50H29N3O2. The Kier molecular flexibility index (Phi) is 6.27. The molecule has 0 unspecified atom stereocenters. The Morgan fingerprint density at radius 1 is 0.400 bits per heavy atom. The minimum atomic E-state index is 0.573. The fourth-order valence-corrected chi connectivity index (χ4v) is 8.45. The van der Waals surface area contributed by atoms with E-state index in [1.165, 1.54) is 16.5 Å². The molecule has 12 aromatic rings. The molecular weight excluding hydrogens is 675 g/mol. The van der Waals surface area contributed by atoms with Crippen LogP contribution in [0.15, 0.2) is 185 Å². The fourth-order valence-electron chi connectivity index (χ4n) is 8.45. The van der Waals surface area contributed by atoms with E-state index in [0.29, 0.717) is 11.5 Å². The number of furan rings is 2. The van der Waals surface area contributed by atoms with E-state index in [0.717, 1.165) is 88.0 Å². The monoisotopic (exact) mass is 703 g/mol. The summed E-state index contributed by atoms with van der Waals surface area (Å²) in [6, 6.07) is 61.6. The molecule has 5 nitrogen and oxygen atoms in total. The molecule has 0 aliphatic rings. The van der Waals surface area contributed by atoms with E-state index in [1.54, 1.807) is 0 Å². The third kappa shape index (κ3) is 4.53. The average Bonchev–Trinajstić information content (AvgIpc) is 3.92. The van der Waals surface area contributed by atoms with Crippen molar-refractivity contribution in [3.05, 3.63) is 176 Å². The van der Waals surface area contributed by atoms with Gasteiger partial charge in [-0.25, -0.2) is 4.98 Å². The molecule has 0 N–H and O–H groups in total. The first-order valence-electron chi connectivity index (χ1n) is 18.5. The predicted octanol–water partition coefficient (Wildman–Crippen LogP) is 13.5. The molecule has 0 bridgehead atoms. The van der Waals surface area contributed by atoms with E-state index in [1.807, 2.05) is 48.5 Å². The summed E-state index contributed by atoms with van der Waals surface area (Å²) in [4.78, 5) is 10.3. The predicted molar refractivity (Wildman–Crippen MR) is 225 cm³/mol. The highest BCUT2D eigenvalue weighted by Crippen LogP contribution is 2.42. The van der Waals surface area contributed by atoms with Crippen molar-refractivity contribution < 1.29 is 8.83 Å². The maximum atomic E-state index is 6.54. The summed E-state index contributed by atoms with van der Waals surface area (Å²) < 4.78 is 15.3. The van der Waals surface area contributed by atoms with Crippen molar-refractivity contribution in [1.82, 2.24) is 14.5 Å². The molecule has 5 heteroatoms. The van der Waals surface area contributed by atoms with Crippen molar-refractivity contribution >= 4 is 76.6 Å². The van der Waals surface area contributed by atoms with Crippen molar-refractivity contribution in [3.8, 4) is 39.5 Å². The zero-order valence-corrected chi connectivity index (χ0v) is 29.4. The number of benzene rings is 8. The maximum Gasteiger partial charge on any atom is 0.231 e. The van der Waals surface area contributed by atoms with Crippen LogP contribution in [0.4, 0.5) is 0 Å². The van der Waals surface area contributed by atoms with E-state index >= 15 is 0 Å². The second-order valence-corrected chi connectivity index (χ2v) is 14.2. The standard InChI is InChI=1S/C50H29N3O2/c1-3-12-30(13-4-1)32-23-25-42-40(27-32)41-29-39-33(22-24-37-36-18-7-9-20-44(36)54-48(37)39)28-43(41)53(42)35-17-11-16-34(26-35)49-51-47(31-14-5-2-6-15-31)46-38-19-8-10-21-45(38)55-50(46)52-49/h1-29H. The third-order valence-electron chi connectivity index (χ3n) is 11.0. The summed E-state index contributed by atoms with van der Waals surface area (Å²) in [5.41, 5.74) is 11.5. The number of para-hydroxylation sites is 2. The third-order valence-corrected chi connectivity index (χ3v) is 11.0. The summed E-state index contributed by atoms with van der Waals surface area (Å²) in [5, 5.41) is 8.72. The SMILES string of the molecule is c1ccc(-c2ccc3c(c2)c2cc4c(ccc5c6ccccc6oc45)cc2n3-c2cccc(-c3nc(-c4ccccc4)c4c(n3)oc3ccccc34)c2)cc1. The Labute approximate surface area is 314 Å². The topological polar surface area (TPSA) is 57.0 Å². The highest BCUT2D eigenvalue weighted by atomic mass is 16.3. The molecule has 0 radical (unpaired) electrons. The van der Waals surface area contributed by atoms with Crippen LogP contribution in [0.1, 0.15) is 0 Å². The van der Waals surface area contributed by atoms with E-state index in [-0.39, 0.29) is 0 Å². The van der Waals surface area contributed by atoms with Crippen LogP contribution in [0.5, 0.6) is 0 Å². The first-order valence-corrected chi connectivity index (χ1v) is 18.5. The number of fused-ring (bicyclic) bond motifs is 11. The zero-order chi connectivity index (χ0) is 36.0. The first-order chi connectivity index (χ1) is 27.2. The molecule has 0 saturated heterocycles. The molecule has 256 valence electrons. The van der Waals surface area contributed by atoms with Gasteiger partial charge >= 0.3 is 0 Å². The van der Waals surface area contributed by atoms with Crippen LogP contribution in [0.25, 0.3) is 116 Å². The number of aromatic nitrogens is 3. The van der Waals surface area contributed by atoms with Gasteiger partial charge in [-0.15, -0.1) is 0 Å². The quantitative estimate of drug-likeness (QED) is 0.183. The summed E-state index contributed by atoms with van der Waals surface area (Å²) in [6.07, 6.45) is 0. The van der Waals surface area contributed by atoms with Crippen molar-refractivity contribution in [3.63, 3.8) is 0 Å². The molecule has 0 aliphatic heterocycles. The molecule has 0 fully saturated rings. The van der Waals surface area contributed by atoms with Crippen LogP contribution in [-0.4, -0.2) is 14.5 Å². The Balaban J connectivity index is 1.11. The van der Waals surface area contributed by atoms with Gasteiger partial charge < -0.3 is 13.4 Å². The van der Waals surface area contributed by atoms with Gasteiger partial charge in [0, 0.05) is 49.1 Å². The Hall–Kier alpha value is -7.50. The van der Waals surface area contributed by atoms with Gasteiger partial charge in [0.1, 0.15) is 16.7 Å². The van der Waals surface area contributed by atoms with Crippen LogP contribution >= 0.6 is 0 Å². The average molecular weight is 704 g/mol. The lowest BCUT2D eigenvalue weighted by Gasteiger charge is -2.11. The van der Waals surface area contributed by atoms with E-state index in [4.69, 9.17) is 18.8 Å². The lowest BCUT2D eigenvalue weighted by Crippen LogP contribution is -1.97. The second kappa shape index (κ2) is 11.5. The number of hydrogen-bond acceptors (Lipinski definition) is 4. The van der Waals surface area contributed by atoms with Gasteiger partial charge in [-0.2, -0.15) is 4.98 Å². The molecule has 0 amide bonds. The first kappa shape index (κ1) is 30.0. The lowest BCUT2D eigenvalue weighted by molar-refractivity contribution is 0.653. The maximum absolute atomic E-state index is 6.54. The van der Waals surface area contributed by atoms with Crippen LogP contribution in [-0.2, 0) is 0 Å². The number of rotatable bonds is 4. The summed E-state index contributed by atoms with van der Waals surface area (Å²) in [5.74, 6) is 0.608. The van der Waals surface area contributed by atoms with Gasteiger partial charge in [-0.05, 0) is 71.1 Å². The normalized spacial score (nSPS) is 12.0. The zero-order valence-electron chi connectivity index (χ0n) is 29.4. The minimum Gasteiger partial charge on any atom is -0.455 e. The van der Waals surface area contributed by atoms with E-state index in [9.17, 15) is 0 Å². The van der Waals surface area contributed by atoms with Gasteiger partial charge in [-0.1, -0.05) is 121 Å². The fraction of sp³-hybridized carbons (Fsp3) is 0. The molecule has 4 aromatic heterocycles. The summed E-state index contributed by atoms with van der Waals surface area (Å²) >= 11 is 0. The Bertz CT molecular complexity index is 3480. The summed E-state index contributed by atoms with van der Waals surface area (Å²) in [6.45, 7) is 0. The van der Waals surface area contributed by atoms with Gasteiger partial charge in [0.2, 0.25) is 5.71 Å². The Morgan fingerprint density at radius 2 is 1.11 bits per heavy atom. The van der Waals surface area contributed by atoms with Crippen LogP contribution < -0.4 is 0 Å². The van der Waals surface area contributed by atoms with Gasteiger partial charge in [0.25, 0.3) is 0 Å². The van der Waals surface area contributed by atoms with Crippen molar-refractivity contribution in [2.24, 2.45) is 0 Å². The molecule has 0 atom stereocenters. The lowest BCUT2D eigenvalue weighted by atomic mass is 10.0. The molecule has 0 spiro atoms. The van der Waals surface area contributed by atoms with E-state index < -0.39 is 0 Å². The molecule has 55 heavy (non-hydrogen) atoms. The Morgan fingerprint density at radius 3 is 1.95 bits per heavy atom. The minimum absolute atomic E-state index is 0.573. The van der Waals surface area contributed by atoms with Crippen molar-refractivity contribution in [2.45, 2.75) is 0 Å². The number of hydrogen-bond donors (Lipinski definition) is 0. The van der Waals surface area contributed by atoms with Crippen molar-refractivity contribution in [1.29, 1.82) is 0 Å². The van der Waals surface area contributed by atoms with E-state index in [2.05, 4.69) is 132 Å². The molecule has 8 aromatic carbocycles. The second-order valence-electron chi connectivity index (χ2n) is 14.2. The highest BCUT2D eigenvalue weighted by molar-refractivity contribution is 6.21. The van der Waals surface area contributed by atoms with Gasteiger partial charge in [0.05, 0.1) is 22.1 Å². The van der Waals surface area contributed by atoms with Gasteiger partial charge in [-0.3, -0.25) is 0 Å². The molecule has 0 aliphatic carbocycles. The van der Waals surface area contributed by atoms with Crippen LogP contribution in [0.3, 0.4) is 0 Å². The highest BCUT2D eigenvalue weighted by Gasteiger charge is 2.20. The van der Waals surface area contributed by atoms with Crippen molar-refractivity contribution in [2.75, 3.05) is 0 Å². The molecule has 12 rings (SSSR count). The van der Waals surface area contributed by atoms with Crippen LogP contribution in [0, 0.1) is 0 Å². The van der Waals surface area contributed by atoms with Crippen LogP contribution in [0.2, 0.25) is 0 Å². The molecule has 0 saturated carbocycles.